The lowest BCUT2D eigenvalue weighted by Crippen LogP contribution is -2.38. The lowest BCUT2D eigenvalue weighted by atomic mass is 10.2. The molecule has 0 radical (unpaired) electrons. The smallest absolute Gasteiger partial charge is 0.409 e. The van der Waals surface area contributed by atoms with Gasteiger partial charge in [0.05, 0.1) is 12.3 Å². The van der Waals surface area contributed by atoms with Crippen molar-refractivity contribution in [3.63, 3.8) is 0 Å². The molecule has 1 fully saturated rings. The number of ether oxygens (including phenoxy) is 1. The third kappa shape index (κ3) is 5.22. The van der Waals surface area contributed by atoms with Crippen LogP contribution in [0, 0.1) is 5.92 Å². The minimum absolute atomic E-state index is 0.198. The molecule has 0 bridgehead atoms. The van der Waals surface area contributed by atoms with Gasteiger partial charge in [-0.05, 0) is 30.5 Å². The van der Waals surface area contributed by atoms with Crippen LogP contribution >= 0.6 is 0 Å². The number of hydrogen-bond acceptors (Lipinski definition) is 5. The number of carbonyl (C=O) groups excluding carboxylic acids is 2. The van der Waals surface area contributed by atoms with Crippen molar-refractivity contribution in [1.29, 1.82) is 0 Å². The van der Waals surface area contributed by atoms with E-state index in [9.17, 15) is 14.4 Å². The van der Waals surface area contributed by atoms with Gasteiger partial charge in [-0.25, -0.2) is 4.79 Å². The Morgan fingerprint density at radius 1 is 1.00 bits per heavy atom. The molecule has 8 nitrogen and oxygen atoms in total. The first kappa shape index (κ1) is 20.6. The standard InChI is InChI=1S/C21H26N4O4/c1-16(2)15-29-21(28)24-12-6-11-23(13-14-24)20(27)18-9-10-19(26)25(22-18)17-7-4-3-5-8-17/h3-5,7-10,16H,6,11-15H2,1-2H3. The second kappa shape index (κ2) is 9.36. The number of nitrogens with zero attached hydrogens (tertiary/aromatic N) is 4. The van der Waals surface area contributed by atoms with E-state index in [-0.39, 0.29) is 29.2 Å². The minimum atomic E-state index is -0.344. The number of carbonyl (C=O) groups is 2. The molecule has 0 aliphatic carbocycles. The van der Waals surface area contributed by atoms with Gasteiger partial charge in [-0.3, -0.25) is 9.59 Å². The summed E-state index contributed by atoms with van der Waals surface area (Å²) in [4.78, 5) is 40.6. The molecule has 0 atom stereocenters. The normalized spacial score (nSPS) is 14.6. The Labute approximate surface area is 169 Å². The molecule has 2 aromatic rings. The fourth-order valence-electron chi connectivity index (χ4n) is 3.07. The highest BCUT2D eigenvalue weighted by atomic mass is 16.6. The van der Waals surface area contributed by atoms with E-state index in [1.54, 1.807) is 34.1 Å². The van der Waals surface area contributed by atoms with Crippen LogP contribution < -0.4 is 5.56 Å². The monoisotopic (exact) mass is 398 g/mol. The maximum atomic E-state index is 13.0. The van der Waals surface area contributed by atoms with E-state index < -0.39 is 0 Å². The Bertz CT molecular complexity index is 910. The van der Waals surface area contributed by atoms with Crippen LogP contribution in [-0.4, -0.2) is 64.4 Å². The van der Waals surface area contributed by atoms with E-state index in [2.05, 4.69) is 5.10 Å². The SMILES string of the molecule is CC(C)COC(=O)N1CCCN(C(=O)c2ccc(=O)n(-c3ccccc3)n2)CC1. The van der Waals surface area contributed by atoms with Crippen LogP contribution in [0.5, 0.6) is 0 Å². The van der Waals surface area contributed by atoms with Gasteiger partial charge in [-0.2, -0.15) is 9.78 Å². The summed E-state index contributed by atoms with van der Waals surface area (Å²) in [5.41, 5.74) is 0.495. The van der Waals surface area contributed by atoms with E-state index in [4.69, 9.17) is 4.74 Å². The number of rotatable bonds is 4. The summed E-state index contributed by atoms with van der Waals surface area (Å²) in [6.45, 7) is 6.19. The fourth-order valence-corrected chi connectivity index (χ4v) is 3.07. The molecule has 2 heterocycles. The van der Waals surface area contributed by atoms with Crippen molar-refractivity contribution in [2.45, 2.75) is 20.3 Å². The zero-order valence-corrected chi connectivity index (χ0v) is 16.8. The van der Waals surface area contributed by atoms with Crippen molar-refractivity contribution >= 4 is 12.0 Å². The van der Waals surface area contributed by atoms with Crippen LogP contribution in [0.1, 0.15) is 30.8 Å². The molecule has 29 heavy (non-hydrogen) atoms. The second-order valence-corrected chi connectivity index (χ2v) is 7.41. The molecular weight excluding hydrogens is 372 g/mol. The molecule has 1 aromatic carbocycles. The van der Waals surface area contributed by atoms with Gasteiger partial charge in [0.1, 0.15) is 5.69 Å². The first-order valence-electron chi connectivity index (χ1n) is 9.82. The van der Waals surface area contributed by atoms with Gasteiger partial charge in [0.15, 0.2) is 0 Å². The van der Waals surface area contributed by atoms with Gasteiger partial charge < -0.3 is 14.5 Å². The molecule has 1 aliphatic rings. The summed E-state index contributed by atoms with van der Waals surface area (Å²) in [6.07, 6.45) is 0.310. The van der Waals surface area contributed by atoms with Crippen molar-refractivity contribution in [3.8, 4) is 5.69 Å². The highest BCUT2D eigenvalue weighted by molar-refractivity contribution is 5.92. The Hall–Kier alpha value is -3.16. The van der Waals surface area contributed by atoms with E-state index >= 15 is 0 Å². The Kier molecular flexibility index (Phi) is 6.64. The maximum absolute atomic E-state index is 13.0. The van der Waals surface area contributed by atoms with Crippen molar-refractivity contribution < 1.29 is 14.3 Å². The van der Waals surface area contributed by atoms with Crippen molar-refractivity contribution in [1.82, 2.24) is 19.6 Å². The summed E-state index contributed by atoms with van der Waals surface area (Å²) in [5, 5.41) is 4.26. The van der Waals surface area contributed by atoms with E-state index in [0.717, 1.165) is 0 Å². The van der Waals surface area contributed by atoms with Gasteiger partial charge in [0.2, 0.25) is 0 Å². The lowest BCUT2D eigenvalue weighted by molar-refractivity contribution is 0.0739. The second-order valence-electron chi connectivity index (χ2n) is 7.41. The maximum Gasteiger partial charge on any atom is 0.409 e. The average Bonchev–Trinajstić information content (AvgIpc) is 2.99. The molecule has 2 amide bonds. The summed E-state index contributed by atoms with van der Waals surface area (Å²) in [6, 6.07) is 11.8. The average molecular weight is 398 g/mol. The third-order valence-corrected chi connectivity index (χ3v) is 4.60. The topological polar surface area (TPSA) is 84.7 Å². The van der Waals surface area contributed by atoms with Crippen molar-refractivity contribution in [2.75, 3.05) is 32.8 Å². The zero-order chi connectivity index (χ0) is 20.8. The summed E-state index contributed by atoms with van der Waals surface area (Å²) >= 11 is 0. The Morgan fingerprint density at radius 3 is 2.41 bits per heavy atom. The Morgan fingerprint density at radius 2 is 1.69 bits per heavy atom. The van der Waals surface area contributed by atoms with E-state index in [0.29, 0.717) is 44.9 Å². The van der Waals surface area contributed by atoms with Crippen molar-refractivity contribution in [3.05, 3.63) is 58.5 Å². The zero-order valence-electron chi connectivity index (χ0n) is 16.8. The first-order chi connectivity index (χ1) is 14.0. The molecule has 1 saturated heterocycles. The highest BCUT2D eigenvalue weighted by Crippen LogP contribution is 2.10. The third-order valence-electron chi connectivity index (χ3n) is 4.60. The van der Waals surface area contributed by atoms with Crippen LogP contribution in [0.3, 0.4) is 0 Å². The predicted octanol–water partition coefficient (Wildman–Crippen LogP) is 2.17. The summed E-state index contributed by atoms with van der Waals surface area (Å²) < 4.78 is 6.51. The molecule has 0 N–H and O–H groups in total. The summed E-state index contributed by atoms with van der Waals surface area (Å²) in [7, 11) is 0. The molecule has 0 unspecified atom stereocenters. The molecule has 3 rings (SSSR count). The van der Waals surface area contributed by atoms with Gasteiger partial charge in [-0.1, -0.05) is 32.0 Å². The predicted molar refractivity (Wildman–Crippen MR) is 108 cm³/mol. The fraction of sp³-hybridized carbons (Fsp3) is 0.429. The molecular formula is C21H26N4O4. The number of para-hydroxylation sites is 1. The van der Waals surface area contributed by atoms with Gasteiger partial charge in [0, 0.05) is 32.2 Å². The summed E-state index contributed by atoms with van der Waals surface area (Å²) in [5.74, 6) is 0.0162. The largest absolute Gasteiger partial charge is 0.449 e. The van der Waals surface area contributed by atoms with Crippen LogP contribution in [0.25, 0.3) is 5.69 Å². The van der Waals surface area contributed by atoms with Crippen LogP contribution in [0.4, 0.5) is 4.79 Å². The van der Waals surface area contributed by atoms with E-state index in [1.165, 1.54) is 16.8 Å². The number of amides is 2. The minimum Gasteiger partial charge on any atom is -0.449 e. The van der Waals surface area contributed by atoms with Crippen LogP contribution in [0.15, 0.2) is 47.3 Å². The van der Waals surface area contributed by atoms with Crippen LogP contribution in [-0.2, 0) is 4.74 Å². The highest BCUT2D eigenvalue weighted by Gasteiger charge is 2.25. The van der Waals surface area contributed by atoms with Gasteiger partial charge in [-0.15, -0.1) is 0 Å². The Balaban J connectivity index is 1.70. The van der Waals surface area contributed by atoms with Gasteiger partial charge >= 0.3 is 6.09 Å². The molecule has 0 saturated carbocycles. The van der Waals surface area contributed by atoms with Crippen molar-refractivity contribution in [2.24, 2.45) is 5.92 Å². The quantitative estimate of drug-likeness (QED) is 0.788. The number of hydrogen-bond donors (Lipinski definition) is 0. The lowest BCUT2D eigenvalue weighted by Gasteiger charge is -2.22. The first-order valence-corrected chi connectivity index (χ1v) is 9.82. The molecule has 154 valence electrons. The van der Waals surface area contributed by atoms with Crippen LogP contribution in [0.2, 0.25) is 0 Å². The number of benzene rings is 1. The molecule has 8 heteroatoms. The molecule has 1 aliphatic heterocycles. The number of aromatic nitrogens is 2. The van der Waals surface area contributed by atoms with E-state index in [1.807, 2.05) is 19.9 Å². The van der Waals surface area contributed by atoms with Gasteiger partial charge in [0.25, 0.3) is 11.5 Å². The molecule has 0 spiro atoms. The molecule has 1 aromatic heterocycles.